The Morgan fingerprint density at radius 2 is 1.73 bits per heavy atom. The molecule has 2 unspecified atom stereocenters. The first-order valence-corrected chi connectivity index (χ1v) is 6.89. The number of hydrogen-bond acceptors (Lipinski definition) is 1. The largest absolute Gasteiger partial charge is 0.311 e. The van der Waals surface area contributed by atoms with Gasteiger partial charge in [-0.1, -0.05) is 26.7 Å². The molecule has 2 aliphatic rings. The van der Waals surface area contributed by atoms with Crippen molar-refractivity contribution < 1.29 is 0 Å². The highest BCUT2D eigenvalue weighted by Crippen LogP contribution is 2.38. The molecule has 0 bridgehead atoms. The second-order valence-corrected chi connectivity index (χ2v) is 6.87. The van der Waals surface area contributed by atoms with Crippen LogP contribution in [0.25, 0.3) is 0 Å². The summed E-state index contributed by atoms with van der Waals surface area (Å²) in [4.78, 5) is 0. The van der Waals surface area contributed by atoms with E-state index in [-0.39, 0.29) is 0 Å². The van der Waals surface area contributed by atoms with Crippen molar-refractivity contribution in [2.24, 2.45) is 5.41 Å². The van der Waals surface area contributed by atoms with Crippen LogP contribution in [0, 0.1) is 5.41 Å². The van der Waals surface area contributed by atoms with Crippen molar-refractivity contribution in [3.05, 3.63) is 0 Å². The van der Waals surface area contributed by atoms with E-state index in [1.807, 2.05) is 0 Å². The van der Waals surface area contributed by atoms with Gasteiger partial charge in [0.05, 0.1) is 0 Å². The molecule has 0 aromatic rings. The van der Waals surface area contributed by atoms with Crippen molar-refractivity contribution in [2.75, 3.05) is 0 Å². The molecule has 15 heavy (non-hydrogen) atoms. The lowest BCUT2D eigenvalue weighted by atomic mass is 9.74. The zero-order valence-corrected chi connectivity index (χ0v) is 10.8. The third kappa shape index (κ3) is 3.35. The fourth-order valence-electron chi connectivity index (χ4n) is 3.38. The van der Waals surface area contributed by atoms with E-state index in [0.717, 1.165) is 6.04 Å². The molecule has 0 spiro atoms. The van der Waals surface area contributed by atoms with E-state index in [2.05, 4.69) is 19.2 Å². The first kappa shape index (κ1) is 11.7. The lowest BCUT2D eigenvalue weighted by Crippen LogP contribution is -2.44. The van der Waals surface area contributed by atoms with Gasteiger partial charge in [-0.25, -0.2) is 0 Å². The lowest BCUT2D eigenvalue weighted by molar-refractivity contribution is 0.192. The van der Waals surface area contributed by atoms with Gasteiger partial charge in [-0.05, 0) is 37.5 Å². The van der Waals surface area contributed by atoms with E-state index in [4.69, 9.17) is 11.6 Å². The van der Waals surface area contributed by atoms with Crippen LogP contribution in [0.15, 0.2) is 0 Å². The van der Waals surface area contributed by atoms with Gasteiger partial charge in [0.25, 0.3) is 0 Å². The summed E-state index contributed by atoms with van der Waals surface area (Å²) in [6, 6.07) is 1.45. The molecule has 2 atom stereocenters. The molecule has 2 aliphatic carbocycles. The van der Waals surface area contributed by atoms with Crippen molar-refractivity contribution in [3.8, 4) is 0 Å². The van der Waals surface area contributed by atoms with Crippen LogP contribution < -0.4 is 5.32 Å². The molecule has 88 valence electrons. The Hall–Kier alpha value is 0.250. The van der Waals surface area contributed by atoms with Gasteiger partial charge in [-0.2, -0.15) is 0 Å². The third-order valence-corrected chi connectivity index (χ3v) is 4.27. The predicted octanol–water partition coefficient (Wildman–Crippen LogP) is 3.70. The second kappa shape index (κ2) is 4.63. The van der Waals surface area contributed by atoms with E-state index < -0.39 is 0 Å². The van der Waals surface area contributed by atoms with Crippen LogP contribution in [0.3, 0.4) is 0 Å². The summed E-state index contributed by atoms with van der Waals surface area (Å²) >= 11 is 6.34. The fraction of sp³-hybridized carbons (Fsp3) is 1.00. The molecule has 0 aromatic carbocycles. The van der Waals surface area contributed by atoms with Crippen LogP contribution in [0.1, 0.15) is 58.8 Å². The maximum Gasteiger partial charge on any atom is 0.0356 e. The first-order chi connectivity index (χ1) is 7.05. The van der Waals surface area contributed by atoms with Gasteiger partial charge in [0, 0.05) is 17.5 Å². The van der Waals surface area contributed by atoms with Crippen molar-refractivity contribution in [1.29, 1.82) is 0 Å². The average molecular weight is 230 g/mol. The normalized spacial score (nSPS) is 37.0. The van der Waals surface area contributed by atoms with Crippen LogP contribution in [0.4, 0.5) is 0 Å². The molecular formula is C13H24ClN. The van der Waals surface area contributed by atoms with Crippen LogP contribution >= 0.6 is 11.6 Å². The number of nitrogens with one attached hydrogen (secondary N) is 1. The van der Waals surface area contributed by atoms with Gasteiger partial charge in [-0.3, -0.25) is 0 Å². The summed E-state index contributed by atoms with van der Waals surface area (Å²) in [6.07, 6.45) is 9.23. The summed E-state index contributed by atoms with van der Waals surface area (Å²) in [5.41, 5.74) is 0.431. The summed E-state index contributed by atoms with van der Waals surface area (Å²) in [6.45, 7) is 4.70. The van der Waals surface area contributed by atoms with Gasteiger partial charge in [0.1, 0.15) is 0 Å². The predicted molar refractivity (Wildman–Crippen MR) is 66.5 cm³/mol. The highest BCUT2D eigenvalue weighted by atomic mass is 35.5. The maximum absolute atomic E-state index is 6.34. The number of hydrogen-bond donors (Lipinski definition) is 1. The fourth-order valence-corrected chi connectivity index (χ4v) is 4.01. The second-order valence-electron chi connectivity index (χ2n) is 6.25. The summed E-state index contributed by atoms with van der Waals surface area (Å²) in [7, 11) is 0. The van der Waals surface area contributed by atoms with E-state index >= 15 is 0 Å². The summed E-state index contributed by atoms with van der Waals surface area (Å²) in [5, 5.41) is 4.20. The van der Waals surface area contributed by atoms with Crippen molar-refractivity contribution in [2.45, 2.75) is 76.3 Å². The Kier molecular flexibility index (Phi) is 3.62. The average Bonchev–Trinajstić information content (AvgIpc) is 2.52. The minimum atomic E-state index is 0.382. The maximum atomic E-state index is 6.34. The van der Waals surface area contributed by atoms with Crippen LogP contribution in [-0.2, 0) is 0 Å². The van der Waals surface area contributed by atoms with Crippen molar-refractivity contribution >= 4 is 11.6 Å². The molecular weight excluding hydrogens is 206 g/mol. The van der Waals surface area contributed by atoms with E-state index in [9.17, 15) is 0 Å². The standard InChI is InChI=1S/C13H24ClN/c1-13(2)8-10(14)7-12(9-13)15-11-5-3-4-6-11/h10-12,15H,3-9H2,1-2H3. The molecule has 0 amide bonds. The molecule has 1 N–H and O–H groups in total. The van der Waals surface area contributed by atoms with Crippen LogP contribution in [0.2, 0.25) is 0 Å². The van der Waals surface area contributed by atoms with E-state index in [1.165, 1.54) is 44.9 Å². The number of halogens is 1. The van der Waals surface area contributed by atoms with Crippen molar-refractivity contribution in [3.63, 3.8) is 0 Å². The minimum Gasteiger partial charge on any atom is -0.311 e. The Morgan fingerprint density at radius 1 is 1.07 bits per heavy atom. The molecule has 2 rings (SSSR count). The van der Waals surface area contributed by atoms with Gasteiger partial charge in [0.15, 0.2) is 0 Å². The van der Waals surface area contributed by atoms with E-state index in [1.54, 1.807) is 0 Å². The molecule has 0 saturated heterocycles. The monoisotopic (exact) mass is 229 g/mol. The Bertz CT molecular complexity index is 209. The molecule has 2 heteroatoms. The zero-order valence-electron chi connectivity index (χ0n) is 10.1. The molecule has 2 fully saturated rings. The molecule has 0 radical (unpaired) electrons. The Labute approximate surface area is 99.0 Å². The third-order valence-electron chi connectivity index (χ3n) is 3.94. The minimum absolute atomic E-state index is 0.382. The highest BCUT2D eigenvalue weighted by Gasteiger charge is 2.34. The lowest BCUT2D eigenvalue weighted by Gasteiger charge is -2.39. The first-order valence-electron chi connectivity index (χ1n) is 6.45. The quantitative estimate of drug-likeness (QED) is 0.712. The molecule has 0 heterocycles. The van der Waals surface area contributed by atoms with Gasteiger partial charge in [0.2, 0.25) is 0 Å². The topological polar surface area (TPSA) is 12.0 Å². The zero-order chi connectivity index (χ0) is 10.9. The van der Waals surface area contributed by atoms with E-state index in [0.29, 0.717) is 16.8 Å². The van der Waals surface area contributed by atoms with Gasteiger partial charge >= 0.3 is 0 Å². The molecule has 0 aromatic heterocycles. The van der Waals surface area contributed by atoms with Crippen LogP contribution in [-0.4, -0.2) is 17.5 Å². The van der Waals surface area contributed by atoms with Gasteiger partial charge < -0.3 is 5.32 Å². The Morgan fingerprint density at radius 3 is 2.33 bits per heavy atom. The summed E-state index contributed by atoms with van der Waals surface area (Å²) < 4.78 is 0. The number of alkyl halides is 1. The SMILES string of the molecule is CC1(C)CC(Cl)CC(NC2CCCC2)C1. The Balaban J connectivity index is 1.85. The molecule has 1 nitrogen and oxygen atoms in total. The summed E-state index contributed by atoms with van der Waals surface area (Å²) in [5.74, 6) is 0. The molecule has 2 saturated carbocycles. The van der Waals surface area contributed by atoms with Gasteiger partial charge in [-0.15, -0.1) is 11.6 Å². The highest BCUT2D eigenvalue weighted by molar-refractivity contribution is 6.20. The number of rotatable bonds is 2. The van der Waals surface area contributed by atoms with Crippen LogP contribution in [0.5, 0.6) is 0 Å². The smallest absolute Gasteiger partial charge is 0.0356 e. The van der Waals surface area contributed by atoms with Crippen molar-refractivity contribution in [1.82, 2.24) is 5.32 Å². The molecule has 0 aliphatic heterocycles.